The van der Waals surface area contributed by atoms with Crippen molar-refractivity contribution in [3.63, 3.8) is 0 Å². The van der Waals surface area contributed by atoms with Gasteiger partial charge < -0.3 is 5.11 Å². The first-order chi connectivity index (χ1) is 5.68. The Morgan fingerprint density at radius 1 is 1.33 bits per heavy atom. The van der Waals surface area contributed by atoms with Crippen molar-refractivity contribution >= 4 is 0 Å². The molecular formula is C11H14O. The molecule has 0 bridgehead atoms. The van der Waals surface area contributed by atoms with Gasteiger partial charge >= 0.3 is 0 Å². The van der Waals surface area contributed by atoms with Gasteiger partial charge in [-0.1, -0.05) is 19.9 Å². The average molecular weight is 162 g/mol. The Morgan fingerprint density at radius 2 is 2.08 bits per heavy atom. The third-order valence-electron chi connectivity index (χ3n) is 3.01. The van der Waals surface area contributed by atoms with Crippen molar-refractivity contribution in [1.82, 2.24) is 0 Å². The molecule has 0 amide bonds. The van der Waals surface area contributed by atoms with Gasteiger partial charge in [0.05, 0.1) is 0 Å². The molecule has 64 valence electrons. The number of phenols is 1. The van der Waals surface area contributed by atoms with Crippen LogP contribution in [0.25, 0.3) is 0 Å². The second kappa shape index (κ2) is 2.51. The smallest absolute Gasteiger partial charge is 0.115 e. The lowest BCUT2D eigenvalue weighted by Crippen LogP contribution is -1.97. The topological polar surface area (TPSA) is 20.2 Å². The summed E-state index contributed by atoms with van der Waals surface area (Å²) in [6.45, 7) is 4.52. The highest BCUT2D eigenvalue weighted by molar-refractivity contribution is 5.40. The monoisotopic (exact) mass is 162 g/mol. The number of aromatic hydroxyl groups is 1. The molecule has 0 radical (unpaired) electrons. The lowest BCUT2D eigenvalue weighted by Gasteiger charge is -2.08. The number of phenolic OH excluding ortho intramolecular Hbond substituents is 1. The van der Waals surface area contributed by atoms with Crippen molar-refractivity contribution in [1.29, 1.82) is 0 Å². The molecule has 0 spiro atoms. The number of hydrogen-bond acceptors (Lipinski definition) is 1. The lowest BCUT2D eigenvalue weighted by atomic mass is 9.97. The standard InChI is InChI=1S/C11H14O/c1-7-5-9-6-10(12)3-4-11(9)8(7)2/h3-4,6-8,12H,5H2,1-2H3/t7-,8-/m0/s1. The number of fused-ring (bicyclic) bond motifs is 1. The Kier molecular flexibility index (Phi) is 1.60. The molecule has 1 nitrogen and oxygen atoms in total. The van der Waals surface area contributed by atoms with Crippen molar-refractivity contribution < 1.29 is 5.11 Å². The Morgan fingerprint density at radius 3 is 2.83 bits per heavy atom. The minimum Gasteiger partial charge on any atom is -0.508 e. The van der Waals surface area contributed by atoms with Gasteiger partial charge in [-0.3, -0.25) is 0 Å². The Hall–Kier alpha value is -0.980. The van der Waals surface area contributed by atoms with Gasteiger partial charge in [0.15, 0.2) is 0 Å². The van der Waals surface area contributed by atoms with E-state index in [0.29, 0.717) is 11.7 Å². The Bertz CT molecular complexity index is 304. The van der Waals surface area contributed by atoms with Gasteiger partial charge in [-0.2, -0.15) is 0 Å². The van der Waals surface area contributed by atoms with E-state index in [9.17, 15) is 5.11 Å². The van der Waals surface area contributed by atoms with Crippen LogP contribution in [0.4, 0.5) is 0 Å². The second-order valence-electron chi connectivity index (χ2n) is 3.85. The van der Waals surface area contributed by atoms with Crippen LogP contribution in [-0.4, -0.2) is 5.11 Å². The summed E-state index contributed by atoms with van der Waals surface area (Å²) >= 11 is 0. The van der Waals surface area contributed by atoms with Crippen LogP contribution in [0.3, 0.4) is 0 Å². The zero-order chi connectivity index (χ0) is 8.72. The van der Waals surface area contributed by atoms with Crippen molar-refractivity contribution in [2.45, 2.75) is 26.2 Å². The molecule has 12 heavy (non-hydrogen) atoms. The summed E-state index contributed by atoms with van der Waals surface area (Å²) < 4.78 is 0. The fraction of sp³-hybridized carbons (Fsp3) is 0.455. The van der Waals surface area contributed by atoms with E-state index in [1.807, 2.05) is 6.07 Å². The molecule has 0 aliphatic heterocycles. The van der Waals surface area contributed by atoms with Crippen LogP contribution in [0.5, 0.6) is 5.75 Å². The van der Waals surface area contributed by atoms with E-state index in [-0.39, 0.29) is 0 Å². The van der Waals surface area contributed by atoms with E-state index in [1.165, 1.54) is 11.1 Å². The maximum Gasteiger partial charge on any atom is 0.115 e. The molecular weight excluding hydrogens is 148 g/mol. The minimum absolute atomic E-state index is 0.398. The summed E-state index contributed by atoms with van der Waals surface area (Å²) in [6, 6.07) is 5.74. The summed E-state index contributed by atoms with van der Waals surface area (Å²) in [4.78, 5) is 0. The van der Waals surface area contributed by atoms with Crippen molar-refractivity contribution in [3.8, 4) is 5.75 Å². The van der Waals surface area contributed by atoms with Crippen LogP contribution in [0.2, 0.25) is 0 Å². The van der Waals surface area contributed by atoms with Gasteiger partial charge in [-0.25, -0.2) is 0 Å². The van der Waals surface area contributed by atoms with Crippen LogP contribution < -0.4 is 0 Å². The Labute approximate surface area is 73.0 Å². The van der Waals surface area contributed by atoms with Crippen LogP contribution >= 0.6 is 0 Å². The molecule has 0 heterocycles. The van der Waals surface area contributed by atoms with Crippen LogP contribution in [-0.2, 0) is 6.42 Å². The lowest BCUT2D eigenvalue weighted by molar-refractivity contribution is 0.474. The van der Waals surface area contributed by atoms with Gasteiger partial charge in [-0.15, -0.1) is 0 Å². The molecule has 1 aromatic carbocycles. The van der Waals surface area contributed by atoms with Crippen molar-refractivity contribution in [3.05, 3.63) is 29.3 Å². The molecule has 1 aliphatic rings. The fourth-order valence-electron chi connectivity index (χ4n) is 2.04. The maximum atomic E-state index is 9.27. The first kappa shape index (κ1) is 7.66. The van der Waals surface area contributed by atoms with Crippen molar-refractivity contribution in [2.24, 2.45) is 5.92 Å². The molecule has 0 unspecified atom stereocenters. The number of hydrogen-bond donors (Lipinski definition) is 1. The summed E-state index contributed by atoms with van der Waals surface area (Å²) in [5, 5.41) is 9.27. The zero-order valence-electron chi connectivity index (χ0n) is 7.54. The van der Waals surface area contributed by atoms with Gasteiger partial charge in [0.25, 0.3) is 0 Å². The SMILES string of the molecule is C[C@@H]1c2ccc(O)cc2C[C@@H]1C. The van der Waals surface area contributed by atoms with Gasteiger partial charge in [-0.05, 0) is 41.5 Å². The second-order valence-corrected chi connectivity index (χ2v) is 3.85. The zero-order valence-corrected chi connectivity index (χ0v) is 7.54. The van der Waals surface area contributed by atoms with Crippen LogP contribution in [0, 0.1) is 5.92 Å². The summed E-state index contributed by atoms with van der Waals surface area (Å²) in [7, 11) is 0. The summed E-state index contributed by atoms with van der Waals surface area (Å²) in [6.07, 6.45) is 1.12. The summed E-state index contributed by atoms with van der Waals surface area (Å²) in [5.41, 5.74) is 2.75. The van der Waals surface area contributed by atoms with Gasteiger partial charge in [0.2, 0.25) is 0 Å². The molecule has 0 aromatic heterocycles. The van der Waals surface area contributed by atoms with E-state index in [1.54, 1.807) is 6.07 Å². The third-order valence-corrected chi connectivity index (χ3v) is 3.01. The van der Waals surface area contributed by atoms with E-state index in [4.69, 9.17) is 0 Å². The van der Waals surface area contributed by atoms with E-state index in [0.717, 1.165) is 12.3 Å². The predicted octanol–water partition coefficient (Wildman–Crippen LogP) is 2.69. The molecule has 0 saturated carbocycles. The Balaban J connectivity index is 2.47. The van der Waals surface area contributed by atoms with Crippen LogP contribution in [0.1, 0.15) is 30.9 Å². The van der Waals surface area contributed by atoms with Gasteiger partial charge in [0, 0.05) is 0 Å². The predicted molar refractivity (Wildman–Crippen MR) is 49.4 cm³/mol. The minimum atomic E-state index is 0.398. The number of benzene rings is 1. The first-order valence-electron chi connectivity index (χ1n) is 4.50. The number of rotatable bonds is 0. The van der Waals surface area contributed by atoms with E-state index < -0.39 is 0 Å². The highest BCUT2D eigenvalue weighted by atomic mass is 16.3. The quantitative estimate of drug-likeness (QED) is 0.621. The molecule has 1 aromatic rings. The van der Waals surface area contributed by atoms with E-state index >= 15 is 0 Å². The molecule has 1 N–H and O–H groups in total. The average Bonchev–Trinajstić information content (AvgIpc) is 2.28. The molecule has 1 aliphatic carbocycles. The highest BCUT2D eigenvalue weighted by Crippen LogP contribution is 2.38. The molecule has 0 fully saturated rings. The highest BCUT2D eigenvalue weighted by Gasteiger charge is 2.25. The normalized spacial score (nSPS) is 27.2. The fourth-order valence-corrected chi connectivity index (χ4v) is 2.04. The van der Waals surface area contributed by atoms with Gasteiger partial charge in [0.1, 0.15) is 5.75 Å². The first-order valence-corrected chi connectivity index (χ1v) is 4.50. The molecule has 1 heteroatoms. The van der Waals surface area contributed by atoms with Crippen molar-refractivity contribution in [2.75, 3.05) is 0 Å². The summed E-state index contributed by atoms with van der Waals surface area (Å²) in [5.74, 6) is 1.78. The largest absolute Gasteiger partial charge is 0.508 e. The third kappa shape index (κ3) is 1.01. The van der Waals surface area contributed by atoms with E-state index in [2.05, 4.69) is 19.9 Å². The molecule has 2 atom stereocenters. The molecule has 2 rings (SSSR count). The molecule has 0 saturated heterocycles. The van der Waals surface area contributed by atoms with Crippen LogP contribution in [0.15, 0.2) is 18.2 Å². The maximum absolute atomic E-state index is 9.27.